The molecule has 5 nitrogen and oxygen atoms in total. The number of aromatic nitrogens is 3. The van der Waals surface area contributed by atoms with Gasteiger partial charge >= 0.3 is 0 Å². The Hall–Kier alpha value is -1.64. The standard InChI is InChI=1S/C22H21Cl3N4OS2/c1-3-8-29-19(12-31-11-15-6-4-14(2)5-7-15)27-28-22(29)32-13-20(30)26-21-17(24)9-16(23)10-18(21)25/h3-7,9-10H,1,8,11-13H2,2H3,(H,26,30). The van der Waals surface area contributed by atoms with Crippen LogP contribution in [0.25, 0.3) is 0 Å². The summed E-state index contributed by atoms with van der Waals surface area (Å²) in [5.41, 5.74) is 2.85. The second-order valence-electron chi connectivity index (χ2n) is 6.86. The van der Waals surface area contributed by atoms with Crippen molar-refractivity contribution in [3.05, 3.63) is 81.1 Å². The maximum atomic E-state index is 12.4. The van der Waals surface area contributed by atoms with Gasteiger partial charge in [0.25, 0.3) is 0 Å². The number of amides is 1. The molecule has 1 amide bonds. The molecule has 0 saturated carbocycles. The molecule has 0 fully saturated rings. The number of rotatable bonds is 10. The highest BCUT2D eigenvalue weighted by Gasteiger charge is 2.16. The van der Waals surface area contributed by atoms with Crippen molar-refractivity contribution in [2.75, 3.05) is 11.1 Å². The van der Waals surface area contributed by atoms with Crippen molar-refractivity contribution in [1.82, 2.24) is 14.8 Å². The monoisotopic (exact) mass is 526 g/mol. The van der Waals surface area contributed by atoms with Gasteiger partial charge in [-0.05, 0) is 24.6 Å². The summed E-state index contributed by atoms with van der Waals surface area (Å²) < 4.78 is 1.97. The highest BCUT2D eigenvalue weighted by atomic mass is 35.5. The summed E-state index contributed by atoms with van der Waals surface area (Å²) in [6.07, 6.45) is 1.79. The molecule has 0 unspecified atom stereocenters. The van der Waals surface area contributed by atoms with E-state index in [4.69, 9.17) is 34.8 Å². The number of carbonyl (C=O) groups is 1. The molecule has 3 rings (SSSR count). The Balaban J connectivity index is 1.59. The molecule has 0 aliphatic rings. The largest absolute Gasteiger partial charge is 0.323 e. The third-order valence-electron chi connectivity index (χ3n) is 4.33. The van der Waals surface area contributed by atoms with Crippen molar-refractivity contribution in [3.63, 3.8) is 0 Å². The van der Waals surface area contributed by atoms with Crippen molar-refractivity contribution >= 4 is 69.9 Å². The van der Waals surface area contributed by atoms with Crippen LogP contribution in [0.3, 0.4) is 0 Å². The highest BCUT2D eigenvalue weighted by Crippen LogP contribution is 2.34. The van der Waals surface area contributed by atoms with E-state index in [1.807, 2.05) is 4.57 Å². The first kappa shape index (κ1) is 25.0. The molecule has 1 aromatic heterocycles. The summed E-state index contributed by atoms with van der Waals surface area (Å²) in [5.74, 6) is 2.30. The molecule has 0 atom stereocenters. The second-order valence-corrected chi connectivity index (χ2v) is 10.0. The molecule has 0 spiro atoms. The summed E-state index contributed by atoms with van der Waals surface area (Å²) in [6.45, 7) is 6.46. The number of allylic oxidation sites excluding steroid dienone is 1. The van der Waals surface area contributed by atoms with E-state index in [2.05, 4.69) is 53.3 Å². The highest BCUT2D eigenvalue weighted by molar-refractivity contribution is 7.99. The first-order valence-electron chi connectivity index (χ1n) is 9.61. The van der Waals surface area contributed by atoms with E-state index in [1.54, 1.807) is 17.8 Å². The SMILES string of the molecule is C=CCn1c(CSCc2ccc(C)cc2)nnc1SCC(=O)Nc1c(Cl)cc(Cl)cc1Cl. The zero-order valence-corrected chi connectivity index (χ0v) is 21.2. The van der Waals surface area contributed by atoms with E-state index in [9.17, 15) is 4.79 Å². The smallest absolute Gasteiger partial charge is 0.234 e. The molecular formula is C22H21Cl3N4OS2. The Bertz CT molecular complexity index is 1080. The molecule has 0 aliphatic heterocycles. The number of aryl methyl sites for hydroxylation is 1. The van der Waals surface area contributed by atoms with E-state index in [0.717, 1.165) is 11.6 Å². The summed E-state index contributed by atoms with van der Waals surface area (Å²) in [4.78, 5) is 12.4. The summed E-state index contributed by atoms with van der Waals surface area (Å²) >= 11 is 21.2. The van der Waals surface area contributed by atoms with Crippen LogP contribution in [-0.4, -0.2) is 26.4 Å². The quantitative estimate of drug-likeness (QED) is 0.230. The van der Waals surface area contributed by atoms with Gasteiger partial charge in [-0.15, -0.1) is 28.5 Å². The fourth-order valence-corrected chi connectivity index (χ4v) is 5.36. The van der Waals surface area contributed by atoms with Gasteiger partial charge in [0.1, 0.15) is 5.82 Å². The molecule has 1 N–H and O–H groups in total. The second kappa shape index (κ2) is 12.0. The maximum absolute atomic E-state index is 12.4. The van der Waals surface area contributed by atoms with Crippen LogP contribution in [0.15, 0.2) is 54.2 Å². The molecule has 10 heteroatoms. The van der Waals surface area contributed by atoms with Crippen molar-refractivity contribution in [1.29, 1.82) is 0 Å². The van der Waals surface area contributed by atoms with Gasteiger partial charge in [-0.25, -0.2) is 0 Å². The number of halogens is 3. The topological polar surface area (TPSA) is 59.8 Å². The molecule has 0 bridgehead atoms. The Morgan fingerprint density at radius 1 is 1.12 bits per heavy atom. The lowest BCUT2D eigenvalue weighted by Gasteiger charge is -2.10. The molecular weight excluding hydrogens is 507 g/mol. The van der Waals surface area contributed by atoms with Crippen LogP contribution in [0.5, 0.6) is 0 Å². The molecule has 0 aliphatic carbocycles. The average Bonchev–Trinajstić information content (AvgIpc) is 3.12. The van der Waals surface area contributed by atoms with E-state index in [0.29, 0.717) is 28.2 Å². The molecule has 0 saturated heterocycles. The number of nitrogens with one attached hydrogen (secondary N) is 1. The Labute approximate surface area is 210 Å². The van der Waals surface area contributed by atoms with E-state index < -0.39 is 0 Å². The van der Waals surface area contributed by atoms with Gasteiger partial charge in [-0.2, -0.15) is 0 Å². The van der Waals surface area contributed by atoms with Gasteiger partial charge in [-0.3, -0.25) is 4.79 Å². The normalized spacial score (nSPS) is 10.9. The minimum absolute atomic E-state index is 0.126. The minimum Gasteiger partial charge on any atom is -0.323 e. The zero-order valence-electron chi connectivity index (χ0n) is 17.3. The van der Waals surface area contributed by atoms with Gasteiger partial charge < -0.3 is 9.88 Å². The van der Waals surface area contributed by atoms with E-state index >= 15 is 0 Å². The first-order valence-corrected chi connectivity index (χ1v) is 12.9. The molecule has 3 aromatic rings. The molecule has 32 heavy (non-hydrogen) atoms. The van der Waals surface area contributed by atoms with Gasteiger partial charge in [0.2, 0.25) is 5.91 Å². The molecule has 0 radical (unpaired) electrons. The summed E-state index contributed by atoms with van der Waals surface area (Å²) in [7, 11) is 0. The fraction of sp³-hybridized carbons (Fsp3) is 0.227. The van der Waals surface area contributed by atoms with Crippen LogP contribution in [-0.2, 0) is 22.8 Å². The van der Waals surface area contributed by atoms with Crippen molar-refractivity contribution < 1.29 is 4.79 Å². The van der Waals surface area contributed by atoms with Gasteiger partial charge in [0.05, 0.1) is 27.2 Å². The van der Waals surface area contributed by atoms with Crippen LogP contribution in [0.1, 0.15) is 17.0 Å². The number of thioether (sulfide) groups is 2. The predicted octanol–water partition coefficient (Wildman–Crippen LogP) is 6.90. The van der Waals surface area contributed by atoms with Crippen LogP contribution in [0.2, 0.25) is 15.1 Å². The van der Waals surface area contributed by atoms with Crippen LogP contribution in [0, 0.1) is 6.92 Å². The average molecular weight is 528 g/mol. The van der Waals surface area contributed by atoms with Crippen molar-refractivity contribution in [2.24, 2.45) is 0 Å². The van der Waals surface area contributed by atoms with Crippen LogP contribution in [0.4, 0.5) is 5.69 Å². The fourth-order valence-electron chi connectivity index (χ4n) is 2.76. The number of hydrogen-bond donors (Lipinski definition) is 1. The number of nitrogens with zero attached hydrogens (tertiary/aromatic N) is 3. The van der Waals surface area contributed by atoms with Crippen LogP contribution >= 0.6 is 58.3 Å². The van der Waals surface area contributed by atoms with E-state index in [-0.39, 0.29) is 21.7 Å². The Morgan fingerprint density at radius 2 is 1.81 bits per heavy atom. The molecule has 1 heterocycles. The lowest BCUT2D eigenvalue weighted by Crippen LogP contribution is -2.15. The summed E-state index contributed by atoms with van der Waals surface area (Å²) in [5, 5.41) is 12.9. The lowest BCUT2D eigenvalue weighted by atomic mass is 10.2. The predicted molar refractivity (Wildman–Crippen MR) is 137 cm³/mol. The van der Waals surface area contributed by atoms with Crippen LogP contribution < -0.4 is 5.32 Å². The third-order valence-corrected chi connectivity index (χ3v) is 7.11. The van der Waals surface area contributed by atoms with Gasteiger partial charge in [0, 0.05) is 17.3 Å². The van der Waals surface area contributed by atoms with Gasteiger partial charge in [0.15, 0.2) is 5.16 Å². The number of hydrogen-bond acceptors (Lipinski definition) is 5. The molecule has 168 valence electrons. The molecule has 2 aromatic carbocycles. The Morgan fingerprint density at radius 3 is 2.47 bits per heavy atom. The zero-order chi connectivity index (χ0) is 23.1. The maximum Gasteiger partial charge on any atom is 0.234 e. The Kier molecular flexibility index (Phi) is 9.37. The summed E-state index contributed by atoms with van der Waals surface area (Å²) in [6, 6.07) is 11.5. The van der Waals surface area contributed by atoms with Crippen molar-refractivity contribution in [2.45, 2.75) is 30.1 Å². The number of anilines is 1. The van der Waals surface area contributed by atoms with E-state index in [1.165, 1.54) is 35.0 Å². The number of benzene rings is 2. The lowest BCUT2D eigenvalue weighted by molar-refractivity contribution is -0.113. The van der Waals surface area contributed by atoms with Gasteiger partial charge in [-0.1, -0.05) is 82.5 Å². The third kappa shape index (κ3) is 6.93. The number of carbonyl (C=O) groups excluding carboxylic acids is 1. The minimum atomic E-state index is -0.260. The first-order chi connectivity index (χ1) is 15.4. The van der Waals surface area contributed by atoms with Crippen molar-refractivity contribution in [3.8, 4) is 0 Å².